The first-order chi connectivity index (χ1) is 16.6. The highest BCUT2D eigenvalue weighted by atomic mass is 19.1. The Morgan fingerprint density at radius 2 is 1.29 bits per heavy atom. The van der Waals surface area contributed by atoms with E-state index in [9.17, 15) is 29.7 Å². The van der Waals surface area contributed by atoms with Crippen LogP contribution in [0.1, 0.15) is 0 Å². The number of rotatable bonds is 3. The molecular formula is C22H31FN6O6. The van der Waals surface area contributed by atoms with E-state index in [1.165, 1.54) is 31.3 Å². The predicted octanol–water partition coefficient (Wildman–Crippen LogP) is 2.01. The summed E-state index contributed by atoms with van der Waals surface area (Å²) in [6.07, 6.45) is 0. The molecule has 0 saturated carbocycles. The molecule has 13 heteroatoms. The molecule has 0 atom stereocenters. The average molecular weight is 495 g/mol. The number of hydrogen-bond donors (Lipinski definition) is 3. The zero-order valence-corrected chi connectivity index (χ0v) is 19.8. The normalized spacial score (nSPS) is 16.4. The summed E-state index contributed by atoms with van der Waals surface area (Å²) in [5.41, 5.74) is -0.0850. The van der Waals surface area contributed by atoms with Gasteiger partial charge in [0.2, 0.25) is 5.82 Å². The van der Waals surface area contributed by atoms with Crippen molar-refractivity contribution in [1.82, 2.24) is 15.1 Å². The largest absolute Gasteiger partial charge is 0.508 e. The SMILES string of the molecule is CN1CCN(c2cc(O)ccc2[N+](=O)[O-])CC1.CN1CCNCC1.O=[N+]([O-])c1ccc(O)cc1F. The van der Waals surface area contributed by atoms with Crippen molar-refractivity contribution in [1.29, 1.82) is 0 Å². The number of anilines is 1. The summed E-state index contributed by atoms with van der Waals surface area (Å²) in [6.45, 7) is 7.95. The van der Waals surface area contributed by atoms with Crippen LogP contribution in [0.2, 0.25) is 0 Å². The number of hydrogen-bond acceptors (Lipinski definition) is 10. The van der Waals surface area contributed by atoms with E-state index in [1.807, 2.05) is 11.9 Å². The predicted molar refractivity (Wildman–Crippen MR) is 130 cm³/mol. The molecule has 2 heterocycles. The molecule has 2 saturated heterocycles. The van der Waals surface area contributed by atoms with Crippen molar-refractivity contribution in [2.45, 2.75) is 0 Å². The van der Waals surface area contributed by atoms with Crippen molar-refractivity contribution < 1.29 is 24.5 Å². The van der Waals surface area contributed by atoms with Crippen molar-refractivity contribution in [2.75, 3.05) is 71.4 Å². The van der Waals surface area contributed by atoms with E-state index >= 15 is 0 Å². The highest BCUT2D eigenvalue weighted by Crippen LogP contribution is 2.32. The van der Waals surface area contributed by atoms with Crippen LogP contribution in [0.5, 0.6) is 11.5 Å². The number of likely N-dealkylation sites (N-methyl/N-ethyl adjacent to an activating group) is 2. The number of phenolic OH excluding ortho intramolecular Hbond substituents is 2. The highest BCUT2D eigenvalue weighted by molar-refractivity contribution is 5.65. The van der Waals surface area contributed by atoms with E-state index < -0.39 is 21.4 Å². The van der Waals surface area contributed by atoms with Gasteiger partial charge >= 0.3 is 5.69 Å². The standard InChI is InChI=1S/C11H15N3O3.C6H4FNO3.C5H12N2/c1-12-4-6-13(7-5-12)11-8-9(15)2-3-10(11)14(16)17;7-5-3-4(9)1-2-6(5)8(10)11;1-7-4-2-6-3-5-7/h2-3,8,15H,4-7H2,1H3;1-3,9H;6H,2-5H2,1H3. The summed E-state index contributed by atoms with van der Waals surface area (Å²) in [6, 6.07) is 6.81. The molecule has 0 aromatic heterocycles. The van der Waals surface area contributed by atoms with Crippen molar-refractivity contribution in [2.24, 2.45) is 0 Å². The Hall–Kier alpha value is -3.55. The second-order valence-electron chi connectivity index (χ2n) is 8.17. The average Bonchev–Trinajstić information content (AvgIpc) is 2.80. The van der Waals surface area contributed by atoms with Gasteiger partial charge in [0.05, 0.1) is 9.85 Å². The van der Waals surface area contributed by atoms with Crippen molar-refractivity contribution in [3.05, 3.63) is 62.4 Å². The van der Waals surface area contributed by atoms with E-state index in [1.54, 1.807) is 0 Å². The zero-order chi connectivity index (χ0) is 26.0. The van der Waals surface area contributed by atoms with Gasteiger partial charge in [-0.3, -0.25) is 20.2 Å². The smallest absolute Gasteiger partial charge is 0.305 e. The number of benzene rings is 2. The first-order valence-corrected chi connectivity index (χ1v) is 11.0. The molecule has 0 aliphatic carbocycles. The lowest BCUT2D eigenvalue weighted by atomic mass is 10.2. The molecule has 0 radical (unpaired) electrons. The van der Waals surface area contributed by atoms with E-state index in [2.05, 4.69) is 22.2 Å². The number of nitro groups is 2. The van der Waals surface area contributed by atoms with Gasteiger partial charge in [-0.15, -0.1) is 0 Å². The molecule has 12 nitrogen and oxygen atoms in total. The van der Waals surface area contributed by atoms with Crippen LogP contribution in [0, 0.1) is 26.0 Å². The fourth-order valence-corrected chi connectivity index (χ4v) is 3.39. The number of aromatic hydroxyl groups is 2. The van der Waals surface area contributed by atoms with Crippen LogP contribution in [0.4, 0.5) is 21.5 Å². The van der Waals surface area contributed by atoms with Gasteiger partial charge in [-0.2, -0.15) is 4.39 Å². The minimum absolute atomic E-state index is 0.0485. The van der Waals surface area contributed by atoms with Gasteiger partial charge in [0.15, 0.2) is 0 Å². The quantitative estimate of drug-likeness (QED) is 0.427. The molecule has 0 spiro atoms. The second kappa shape index (κ2) is 13.4. The maximum Gasteiger partial charge on any atom is 0.305 e. The van der Waals surface area contributed by atoms with Crippen LogP contribution in [0.15, 0.2) is 36.4 Å². The number of halogens is 1. The van der Waals surface area contributed by atoms with Gasteiger partial charge < -0.3 is 30.2 Å². The summed E-state index contributed by atoms with van der Waals surface area (Å²) in [5.74, 6) is -1.30. The fraction of sp³-hybridized carbons (Fsp3) is 0.455. The highest BCUT2D eigenvalue weighted by Gasteiger charge is 2.22. The van der Waals surface area contributed by atoms with Gasteiger partial charge in [0.25, 0.3) is 5.69 Å². The van der Waals surface area contributed by atoms with E-state index in [-0.39, 0.29) is 17.2 Å². The van der Waals surface area contributed by atoms with Crippen LogP contribution >= 0.6 is 0 Å². The zero-order valence-electron chi connectivity index (χ0n) is 19.8. The third kappa shape index (κ3) is 8.96. The number of nitrogens with one attached hydrogen (secondary N) is 1. The Balaban J connectivity index is 0.000000205. The molecule has 2 fully saturated rings. The lowest BCUT2D eigenvalue weighted by Gasteiger charge is -2.33. The first-order valence-electron chi connectivity index (χ1n) is 11.0. The van der Waals surface area contributed by atoms with Gasteiger partial charge in [-0.05, 0) is 26.2 Å². The van der Waals surface area contributed by atoms with Gasteiger partial charge in [0.1, 0.15) is 17.2 Å². The Morgan fingerprint density at radius 3 is 1.74 bits per heavy atom. The topological polar surface area (TPSA) is 148 Å². The second-order valence-corrected chi connectivity index (χ2v) is 8.17. The molecule has 35 heavy (non-hydrogen) atoms. The molecule has 3 N–H and O–H groups in total. The summed E-state index contributed by atoms with van der Waals surface area (Å²) in [7, 11) is 4.18. The molecule has 2 aromatic carbocycles. The summed E-state index contributed by atoms with van der Waals surface area (Å²) in [5, 5.41) is 42.3. The monoisotopic (exact) mass is 494 g/mol. The molecule has 2 aromatic rings. The lowest BCUT2D eigenvalue weighted by molar-refractivity contribution is -0.387. The van der Waals surface area contributed by atoms with E-state index in [0.29, 0.717) is 11.8 Å². The lowest BCUT2D eigenvalue weighted by Crippen LogP contribution is -2.44. The van der Waals surface area contributed by atoms with Crippen LogP contribution < -0.4 is 10.2 Å². The van der Waals surface area contributed by atoms with E-state index in [4.69, 9.17) is 5.11 Å². The van der Waals surface area contributed by atoms with Crippen molar-refractivity contribution >= 4 is 17.1 Å². The van der Waals surface area contributed by atoms with Crippen molar-refractivity contribution in [3.63, 3.8) is 0 Å². The van der Waals surface area contributed by atoms with Crippen molar-refractivity contribution in [3.8, 4) is 11.5 Å². The minimum atomic E-state index is -1.03. The molecule has 4 rings (SSSR count). The van der Waals surface area contributed by atoms with Crippen LogP contribution in [-0.2, 0) is 0 Å². The Bertz CT molecular complexity index is 996. The van der Waals surface area contributed by atoms with Crippen LogP contribution in [0.25, 0.3) is 0 Å². The van der Waals surface area contributed by atoms with Crippen LogP contribution in [-0.4, -0.2) is 96.3 Å². The summed E-state index contributed by atoms with van der Waals surface area (Å²) < 4.78 is 12.5. The molecule has 2 aliphatic heterocycles. The summed E-state index contributed by atoms with van der Waals surface area (Å²) in [4.78, 5) is 26.1. The maximum absolute atomic E-state index is 12.5. The maximum atomic E-state index is 12.5. The van der Waals surface area contributed by atoms with E-state index in [0.717, 1.165) is 51.4 Å². The number of nitrogens with zero attached hydrogens (tertiary/aromatic N) is 5. The van der Waals surface area contributed by atoms with Gasteiger partial charge in [-0.1, -0.05) is 0 Å². The Kier molecular flexibility index (Phi) is 10.6. The summed E-state index contributed by atoms with van der Waals surface area (Å²) >= 11 is 0. The molecule has 192 valence electrons. The fourth-order valence-electron chi connectivity index (χ4n) is 3.39. The number of phenols is 2. The molecule has 2 aliphatic rings. The third-order valence-corrected chi connectivity index (χ3v) is 5.47. The third-order valence-electron chi connectivity index (χ3n) is 5.47. The first kappa shape index (κ1) is 27.7. The Morgan fingerprint density at radius 1 is 0.800 bits per heavy atom. The minimum Gasteiger partial charge on any atom is -0.508 e. The van der Waals surface area contributed by atoms with Gasteiger partial charge in [0, 0.05) is 76.6 Å². The molecule has 0 bridgehead atoms. The molecule has 0 unspecified atom stereocenters. The number of nitro benzene ring substituents is 2. The molecular weight excluding hydrogens is 463 g/mol. The van der Waals surface area contributed by atoms with Crippen LogP contribution in [0.3, 0.4) is 0 Å². The molecule has 0 amide bonds. The van der Waals surface area contributed by atoms with Gasteiger partial charge in [-0.25, -0.2) is 0 Å². The number of piperazine rings is 2. The Labute approximate surface area is 202 Å².